The summed E-state index contributed by atoms with van der Waals surface area (Å²) in [6.07, 6.45) is -2.56. The lowest BCUT2D eigenvalue weighted by atomic mass is 10.0. The summed E-state index contributed by atoms with van der Waals surface area (Å²) in [6, 6.07) is -0.739. The van der Waals surface area contributed by atoms with Gasteiger partial charge in [0.15, 0.2) is 23.1 Å². The largest absolute Gasteiger partial charge is 0.434 e. The highest BCUT2D eigenvalue weighted by Crippen LogP contribution is 2.32. The maximum Gasteiger partial charge on any atom is 0.434 e. The number of amides is 1. The molecule has 0 aliphatic carbocycles. The monoisotopic (exact) mass is 400 g/mol. The van der Waals surface area contributed by atoms with E-state index in [0.29, 0.717) is 19.2 Å². The number of fused-ring (bicyclic) bond motifs is 1. The van der Waals surface area contributed by atoms with E-state index >= 15 is 0 Å². The smallest absolute Gasteiger partial charge is 0.380 e. The molecule has 0 unspecified atom stereocenters. The fourth-order valence-electron chi connectivity index (χ4n) is 3.24. The molecule has 2 aliphatic rings. The van der Waals surface area contributed by atoms with Gasteiger partial charge in [-0.3, -0.25) is 9.36 Å². The molecule has 1 amide bonds. The SMILES string of the molecule is N[C@H]1COCC[C@H]1Nc1nc(-n2cnc(C(F)(F)F)c2)c2c(c1F)CNC2=O. The Kier molecular flexibility index (Phi) is 4.46. The van der Waals surface area contributed by atoms with Crippen molar-refractivity contribution in [2.24, 2.45) is 5.73 Å². The Morgan fingerprint density at radius 3 is 2.86 bits per heavy atom. The van der Waals surface area contributed by atoms with Gasteiger partial charge in [-0.2, -0.15) is 13.2 Å². The number of carbonyl (C=O) groups is 1. The number of ether oxygens (including phenoxy) is 1. The molecule has 0 saturated carbocycles. The molecule has 0 bridgehead atoms. The number of halogens is 4. The van der Waals surface area contributed by atoms with Gasteiger partial charge in [0.2, 0.25) is 0 Å². The number of hydrogen-bond donors (Lipinski definition) is 3. The number of alkyl halides is 3. The number of carbonyl (C=O) groups excluding carboxylic acids is 1. The Morgan fingerprint density at radius 1 is 1.39 bits per heavy atom. The van der Waals surface area contributed by atoms with Gasteiger partial charge in [0.1, 0.15) is 6.33 Å². The van der Waals surface area contributed by atoms with E-state index in [1.54, 1.807) is 0 Å². The maximum atomic E-state index is 14.9. The van der Waals surface area contributed by atoms with Crippen LogP contribution >= 0.6 is 0 Å². The average Bonchev–Trinajstić information content (AvgIpc) is 3.27. The minimum Gasteiger partial charge on any atom is -0.380 e. The zero-order valence-electron chi connectivity index (χ0n) is 14.4. The van der Waals surface area contributed by atoms with Crippen molar-refractivity contribution in [3.05, 3.63) is 35.2 Å². The van der Waals surface area contributed by atoms with Gasteiger partial charge < -0.3 is 21.1 Å². The summed E-state index contributed by atoms with van der Waals surface area (Å²) in [5.74, 6) is -1.69. The van der Waals surface area contributed by atoms with Gasteiger partial charge in [-0.15, -0.1) is 0 Å². The molecule has 0 aromatic carbocycles. The Bertz CT molecular complexity index is 929. The molecular weight excluding hydrogens is 384 g/mol. The highest BCUT2D eigenvalue weighted by Gasteiger charge is 2.36. The summed E-state index contributed by atoms with van der Waals surface area (Å²) in [6.45, 7) is 0.625. The molecule has 2 aromatic rings. The van der Waals surface area contributed by atoms with Crippen molar-refractivity contribution in [2.45, 2.75) is 31.2 Å². The molecule has 150 valence electrons. The van der Waals surface area contributed by atoms with Crippen LogP contribution in [0.2, 0.25) is 0 Å². The predicted octanol–water partition coefficient (Wildman–Crippen LogP) is 1.20. The molecule has 4 rings (SSSR count). The van der Waals surface area contributed by atoms with Gasteiger partial charge in [-0.05, 0) is 6.42 Å². The summed E-state index contributed by atoms with van der Waals surface area (Å²) in [4.78, 5) is 19.5. The molecule has 8 nitrogen and oxygen atoms in total. The van der Waals surface area contributed by atoms with Gasteiger partial charge in [0, 0.05) is 37.0 Å². The molecule has 12 heteroatoms. The molecule has 28 heavy (non-hydrogen) atoms. The van der Waals surface area contributed by atoms with Gasteiger partial charge in [-0.1, -0.05) is 0 Å². The minimum atomic E-state index is -4.66. The molecule has 4 heterocycles. The number of pyridine rings is 1. The molecule has 1 saturated heterocycles. The van der Waals surface area contributed by atoms with E-state index in [1.807, 2.05) is 0 Å². The number of nitrogens with zero attached hydrogens (tertiary/aromatic N) is 3. The Balaban J connectivity index is 1.78. The number of imidazole rings is 1. The zero-order valence-corrected chi connectivity index (χ0v) is 14.4. The van der Waals surface area contributed by atoms with Gasteiger partial charge in [0.25, 0.3) is 5.91 Å². The number of anilines is 1. The van der Waals surface area contributed by atoms with E-state index in [2.05, 4.69) is 20.6 Å². The Hall–Kier alpha value is -2.73. The second-order valence-corrected chi connectivity index (χ2v) is 6.58. The highest BCUT2D eigenvalue weighted by atomic mass is 19.4. The van der Waals surface area contributed by atoms with Crippen LogP contribution in [0.1, 0.15) is 28.0 Å². The van der Waals surface area contributed by atoms with Crippen molar-refractivity contribution in [2.75, 3.05) is 18.5 Å². The first-order valence-electron chi connectivity index (χ1n) is 8.47. The third-order valence-electron chi connectivity index (χ3n) is 4.71. The molecule has 2 aromatic heterocycles. The first kappa shape index (κ1) is 18.6. The molecule has 2 atom stereocenters. The summed E-state index contributed by atoms with van der Waals surface area (Å²) < 4.78 is 59.8. The lowest BCUT2D eigenvalue weighted by Gasteiger charge is -2.30. The van der Waals surface area contributed by atoms with E-state index in [4.69, 9.17) is 10.5 Å². The van der Waals surface area contributed by atoms with E-state index in [1.165, 1.54) is 0 Å². The van der Waals surface area contributed by atoms with Crippen LogP contribution in [0, 0.1) is 5.82 Å². The topological polar surface area (TPSA) is 107 Å². The lowest BCUT2D eigenvalue weighted by molar-refractivity contribution is -0.140. The first-order chi connectivity index (χ1) is 13.3. The van der Waals surface area contributed by atoms with Crippen LogP contribution in [0.15, 0.2) is 12.5 Å². The van der Waals surface area contributed by atoms with Crippen LogP contribution in [0.4, 0.5) is 23.4 Å². The lowest BCUT2D eigenvalue weighted by Crippen LogP contribution is -2.48. The van der Waals surface area contributed by atoms with Crippen LogP contribution in [0.5, 0.6) is 0 Å². The van der Waals surface area contributed by atoms with Crippen LogP contribution in [0.3, 0.4) is 0 Å². The Labute approximate surface area is 156 Å². The summed E-state index contributed by atoms with van der Waals surface area (Å²) in [5, 5.41) is 5.37. The molecule has 0 spiro atoms. The Morgan fingerprint density at radius 2 is 2.18 bits per heavy atom. The van der Waals surface area contributed by atoms with Crippen molar-refractivity contribution in [1.29, 1.82) is 0 Å². The third kappa shape index (κ3) is 3.18. The number of nitrogens with two attached hydrogens (primary N) is 1. The number of rotatable bonds is 3. The fraction of sp³-hybridized carbons (Fsp3) is 0.438. The predicted molar refractivity (Wildman–Crippen MR) is 88.3 cm³/mol. The van der Waals surface area contributed by atoms with E-state index in [9.17, 15) is 22.4 Å². The normalized spacial score (nSPS) is 22.1. The maximum absolute atomic E-state index is 14.9. The number of nitrogens with one attached hydrogen (secondary N) is 2. The second-order valence-electron chi connectivity index (χ2n) is 6.58. The van der Waals surface area contributed by atoms with Crippen molar-refractivity contribution in [3.63, 3.8) is 0 Å². The first-order valence-corrected chi connectivity index (χ1v) is 8.47. The molecule has 1 fully saturated rings. The number of aromatic nitrogens is 3. The highest BCUT2D eigenvalue weighted by molar-refractivity contribution is 6.01. The molecule has 4 N–H and O–H groups in total. The summed E-state index contributed by atoms with van der Waals surface area (Å²) in [7, 11) is 0. The average molecular weight is 400 g/mol. The van der Waals surface area contributed by atoms with E-state index < -0.39 is 29.6 Å². The van der Waals surface area contributed by atoms with Crippen molar-refractivity contribution in [1.82, 2.24) is 19.9 Å². The fourth-order valence-corrected chi connectivity index (χ4v) is 3.24. The van der Waals surface area contributed by atoms with Gasteiger partial charge in [-0.25, -0.2) is 14.4 Å². The third-order valence-corrected chi connectivity index (χ3v) is 4.71. The van der Waals surface area contributed by atoms with E-state index in [0.717, 1.165) is 10.9 Å². The van der Waals surface area contributed by atoms with Crippen LogP contribution < -0.4 is 16.4 Å². The second kappa shape index (κ2) is 6.71. The minimum absolute atomic E-state index is 0.0281. The number of hydrogen-bond acceptors (Lipinski definition) is 6. The summed E-state index contributed by atoms with van der Waals surface area (Å²) in [5.41, 5.74) is 4.73. The van der Waals surface area contributed by atoms with Crippen molar-refractivity contribution in [3.8, 4) is 5.82 Å². The van der Waals surface area contributed by atoms with E-state index in [-0.39, 0.29) is 42.0 Å². The van der Waals surface area contributed by atoms with Crippen molar-refractivity contribution < 1.29 is 27.1 Å². The van der Waals surface area contributed by atoms with Crippen LogP contribution in [-0.4, -0.2) is 45.7 Å². The van der Waals surface area contributed by atoms with Crippen LogP contribution in [-0.2, 0) is 17.5 Å². The van der Waals surface area contributed by atoms with Crippen LogP contribution in [0.25, 0.3) is 5.82 Å². The van der Waals surface area contributed by atoms with Gasteiger partial charge >= 0.3 is 6.18 Å². The molecule has 0 radical (unpaired) electrons. The molecular formula is C16H16F4N6O2. The zero-order chi connectivity index (χ0) is 20.1. The summed E-state index contributed by atoms with van der Waals surface area (Å²) >= 11 is 0. The van der Waals surface area contributed by atoms with Crippen molar-refractivity contribution >= 4 is 11.7 Å². The van der Waals surface area contributed by atoms with Gasteiger partial charge in [0.05, 0.1) is 12.2 Å². The molecule has 2 aliphatic heterocycles. The quantitative estimate of drug-likeness (QED) is 0.669. The standard InChI is InChI=1S/C16H16F4N6O2/c17-12-7-3-22-15(27)11(7)14(26-4-10(23-6-26)16(18,19)20)25-13(12)24-9-1-2-28-5-8(9)21/h4,6,8-9H,1-3,5,21H2,(H,22,27)(H,24,25)/t8-,9+/m0/s1.